The first-order valence-corrected chi connectivity index (χ1v) is 11.1. The first kappa shape index (κ1) is 24.3. The van der Waals surface area contributed by atoms with Gasteiger partial charge in [0.1, 0.15) is 11.5 Å². The minimum atomic E-state index is -0.639. The number of halogens is 2. The van der Waals surface area contributed by atoms with Crippen LogP contribution in [0.2, 0.25) is 5.02 Å². The first-order chi connectivity index (χ1) is 15.9. The average Bonchev–Trinajstić information content (AvgIpc) is 2.80. The van der Waals surface area contributed by atoms with Crippen LogP contribution in [0.5, 0.6) is 11.5 Å². The molecule has 0 fully saturated rings. The van der Waals surface area contributed by atoms with E-state index in [0.717, 1.165) is 4.47 Å². The van der Waals surface area contributed by atoms with Crippen LogP contribution in [0.4, 0.5) is 11.4 Å². The van der Waals surface area contributed by atoms with Gasteiger partial charge in [-0.05, 0) is 60.7 Å². The molecule has 3 aromatic carbocycles. The Kier molecular flexibility index (Phi) is 8.86. The number of rotatable bonds is 9. The van der Waals surface area contributed by atoms with Crippen molar-refractivity contribution in [1.82, 2.24) is 0 Å². The van der Waals surface area contributed by atoms with Crippen molar-refractivity contribution < 1.29 is 23.9 Å². The lowest BCUT2D eigenvalue weighted by Gasteiger charge is -2.09. The van der Waals surface area contributed by atoms with Crippen LogP contribution in [-0.4, -0.2) is 24.4 Å². The number of amides is 2. The lowest BCUT2D eigenvalue weighted by Crippen LogP contribution is -2.21. The molecule has 0 aliphatic carbocycles. The van der Waals surface area contributed by atoms with Gasteiger partial charge in [-0.3, -0.25) is 14.4 Å². The van der Waals surface area contributed by atoms with Crippen molar-refractivity contribution in [2.45, 2.75) is 12.8 Å². The van der Waals surface area contributed by atoms with Gasteiger partial charge in [0.15, 0.2) is 6.61 Å². The summed E-state index contributed by atoms with van der Waals surface area (Å²) in [6, 6.07) is 20.8. The number of nitrogens with one attached hydrogen (secondary N) is 2. The molecule has 0 aliphatic heterocycles. The predicted octanol–water partition coefficient (Wildman–Crippen LogP) is 5.80. The lowest BCUT2D eigenvalue weighted by atomic mass is 10.2. The molecule has 0 heterocycles. The second-order valence-electron chi connectivity index (χ2n) is 6.82. The Morgan fingerprint density at radius 2 is 1.39 bits per heavy atom. The first-order valence-electron chi connectivity index (χ1n) is 9.92. The molecular formula is C24H20BrClN2O5. The number of para-hydroxylation sites is 1. The second-order valence-corrected chi connectivity index (χ2v) is 8.14. The Bertz CT molecular complexity index is 1120. The third kappa shape index (κ3) is 8.25. The van der Waals surface area contributed by atoms with Gasteiger partial charge < -0.3 is 20.1 Å². The molecule has 2 amide bonds. The minimum absolute atomic E-state index is 0.0783. The van der Waals surface area contributed by atoms with Crippen LogP contribution in [-0.2, 0) is 19.1 Å². The Morgan fingerprint density at radius 1 is 0.788 bits per heavy atom. The molecule has 0 unspecified atom stereocenters. The van der Waals surface area contributed by atoms with E-state index in [4.69, 9.17) is 21.1 Å². The molecule has 0 atom stereocenters. The van der Waals surface area contributed by atoms with Crippen molar-refractivity contribution in [3.8, 4) is 11.5 Å². The third-order valence-corrected chi connectivity index (χ3v) is 5.09. The molecule has 0 bridgehead atoms. The second kappa shape index (κ2) is 12.0. The summed E-state index contributed by atoms with van der Waals surface area (Å²) in [5, 5.41) is 5.79. The number of benzene rings is 3. The number of ether oxygens (including phenoxy) is 2. The van der Waals surface area contributed by atoms with E-state index >= 15 is 0 Å². The fourth-order valence-electron chi connectivity index (χ4n) is 2.65. The van der Waals surface area contributed by atoms with Crippen LogP contribution >= 0.6 is 27.5 Å². The largest absolute Gasteiger partial charge is 0.456 e. The summed E-state index contributed by atoms with van der Waals surface area (Å²) in [6.07, 6.45) is -0.226. The van der Waals surface area contributed by atoms with Crippen molar-refractivity contribution in [3.05, 3.63) is 82.3 Å². The zero-order valence-electron chi connectivity index (χ0n) is 17.3. The molecule has 0 saturated carbocycles. The van der Waals surface area contributed by atoms with Gasteiger partial charge in [0.25, 0.3) is 5.91 Å². The van der Waals surface area contributed by atoms with E-state index in [1.54, 1.807) is 60.7 Å². The Morgan fingerprint density at radius 3 is 2.06 bits per heavy atom. The SMILES string of the molecule is O=C(CCC(=O)OCC(=O)Nc1ccc(Br)cc1)Nc1ccc(Oc2ccccc2Cl)cc1. The van der Waals surface area contributed by atoms with Crippen molar-refractivity contribution >= 4 is 56.7 Å². The van der Waals surface area contributed by atoms with Crippen LogP contribution < -0.4 is 15.4 Å². The van der Waals surface area contributed by atoms with Crippen molar-refractivity contribution in [3.63, 3.8) is 0 Å². The number of carbonyl (C=O) groups excluding carboxylic acids is 3. The molecule has 3 rings (SSSR count). The summed E-state index contributed by atoms with van der Waals surface area (Å²) in [4.78, 5) is 35.8. The number of hydrogen-bond donors (Lipinski definition) is 2. The van der Waals surface area contributed by atoms with Crippen molar-refractivity contribution in [2.75, 3.05) is 17.2 Å². The fraction of sp³-hybridized carbons (Fsp3) is 0.125. The van der Waals surface area contributed by atoms with Gasteiger partial charge in [0, 0.05) is 22.3 Å². The van der Waals surface area contributed by atoms with Gasteiger partial charge in [-0.2, -0.15) is 0 Å². The molecule has 7 nitrogen and oxygen atoms in total. The Balaban J connectivity index is 1.37. The maximum absolute atomic E-state index is 12.1. The number of carbonyl (C=O) groups is 3. The highest BCUT2D eigenvalue weighted by molar-refractivity contribution is 9.10. The highest BCUT2D eigenvalue weighted by Gasteiger charge is 2.11. The molecule has 2 N–H and O–H groups in total. The summed E-state index contributed by atoms with van der Waals surface area (Å²) >= 11 is 9.38. The summed E-state index contributed by atoms with van der Waals surface area (Å²) in [5.74, 6) is -0.370. The Labute approximate surface area is 204 Å². The van der Waals surface area contributed by atoms with E-state index < -0.39 is 18.5 Å². The topological polar surface area (TPSA) is 93.7 Å². The molecule has 33 heavy (non-hydrogen) atoms. The number of anilines is 2. The predicted molar refractivity (Wildman–Crippen MR) is 130 cm³/mol. The van der Waals surface area contributed by atoms with Gasteiger partial charge in [-0.15, -0.1) is 0 Å². The van der Waals surface area contributed by atoms with E-state index in [1.165, 1.54) is 0 Å². The molecule has 0 aliphatic rings. The van der Waals surface area contributed by atoms with Crippen LogP contribution in [0.1, 0.15) is 12.8 Å². The van der Waals surface area contributed by atoms with E-state index in [9.17, 15) is 14.4 Å². The van der Waals surface area contributed by atoms with Gasteiger partial charge >= 0.3 is 5.97 Å². The zero-order valence-corrected chi connectivity index (χ0v) is 19.7. The number of hydrogen-bond acceptors (Lipinski definition) is 5. The summed E-state index contributed by atoms with van der Waals surface area (Å²) in [5.41, 5.74) is 1.13. The summed E-state index contributed by atoms with van der Waals surface area (Å²) in [7, 11) is 0. The van der Waals surface area contributed by atoms with Gasteiger partial charge in [0.2, 0.25) is 5.91 Å². The molecule has 9 heteroatoms. The van der Waals surface area contributed by atoms with Gasteiger partial charge in [-0.25, -0.2) is 0 Å². The van der Waals surface area contributed by atoms with Crippen molar-refractivity contribution in [1.29, 1.82) is 0 Å². The quantitative estimate of drug-likeness (QED) is 0.341. The molecule has 170 valence electrons. The highest BCUT2D eigenvalue weighted by atomic mass is 79.9. The van der Waals surface area contributed by atoms with E-state index in [2.05, 4.69) is 26.6 Å². The van der Waals surface area contributed by atoms with Crippen LogP contribution in [0.15, 0.2) is 77.3 Å². The number of esters is 1. The van der Waals surface area contributed by atoms with E-state index in [-0.39, 0.29) is 18.7 Å². The average molecular weight is 532 g/mol. The zero-order chi connectivity index (χ0) is 23.6. The normalized spacial score (nSPS) is 10.2. The molecule has 0 saturated heterocycles. The van der Waals surface area contributed by atoms with Gasteiger partial charge in [0.05, 0.1) is 11.4 Å². The minimum Gasteiger partial charge on any atom is -0.456 e. The molecular weight excluding hydrogens is 512 g/mol. The molecule has 0 aromatic heterocycles. The monoisotopic (exact) mass is 530 g/mol. The smallest absolute Gasteiger partial charge is 0.306 e. The molecule has 3 aromatic rings. The van der Waals surface area contributed by atoms with E-state index in [1.807, 2.05) is 12.1 Å². The van der Waals surface area contributed by atoms with Gasteiger partial charge in [-0.1, -0.05) is 39.7 Å². The molecule has 0 spiro atoms. The lowest BCUT2D eigenvalue weighted by molar-refractivity contribution is -0.147. The maximum Gasteiger partial charge on any atom is 0.306 e. The maximum atomic E-state index is 12.1. The summed E-state index contributed by atoms with van der Waals surface area (Å²) in [6.45, 7) is -0.427. The van der Waals surface area contributed by atoms with Crippen LogP contribution in [0, 0.1) is 0 Å². The Hall–Kier alpha value is -3.36. The molecule has 0 radical (unpaired) electrons. The van der Waals surface area contributed by atoms with Crippen LogP contribution in [0.3, 0.4) is 0 Å². The van der Waals surface area contributed by atoms with E-state index in [0.29, 0.717) is 27.9 Å². The standard InChI is InChI=1S/C24H20BrClN2O5/c25-16-5-7-17(8-6-16)28-23(30)15-32-24(31)14-13-22(29)27-18-9-11-19(12-10-18)33-21-4-2-1-3-20(21)26/h1-12H,13-15H2,(H,27,29)(H,28,30). The fourth-order valence-corrected chi connectivity index (χ4v) is 3.09. The van der Waals surface area contributed by atoms with Crippen LogP contribution in [0.25, 0.3) is 0 Å². The summed E-state index contributed by atoms with van der Waals surface area (Å²) < 4.78 is 11.5. The third-order valence-electron chi connectivity index (χ3n) is 4.25. The van der Waals surface area contributed by atoms with Crippen molar-refractivity contribution in [2.24, 2.45) is 0 Å². The highest BCUT2D eigenvalue weighted by Crippen LogP contribution is 2.29.